The Balaban J connectivity index is 1.30. The number of carbonyl (C=O) groups excluding carboxylic acids is 2. The maximum absolute atomic E-state index is 12.7. The Kier molecular flexibility index (Phi) is 8.51. The van der Waals surface area contributed by atoms with Crippen LogP contribution in [-0.2, 0) is 14.8 Å². The van der Waals surface area contributed by atoms with E-state index in [1.807, 2.05) is 45.0 Å². The molecule has 0 atom stereocenters. The number of rotatable bonds is 6. The van der Waals surface area contributed by atoms with E-state index in [1.165, 1.54) is 12.1 Å². The highest BCUT2D eigenvalue weighted by atomic mass is 79.9. The zero-order valence-corrected chi connectivity index (χ0v) is 24.4. The summed E-state index contributed by atoms with van der Waals surface area (Å²) in [6.45, 7) is 8.07. The Bertz CT molecular complexity index is 1410. The molecule has 0 aliphatic carbocycles. The summed E-state index contributed by atoms with van der Waals surface area (Å²) in [5.74, 6) is -0.309. The number of sulfonamides is 1. The van der Waals surface area contributed by atoms with E-state index < -0.39 is 15.6 Å². The number of halogens is 1. The molecule has 3 aromatic carbocycles. The summed E-state index contributed by atoms with van der Waals surface area (Å²) in [4.78, 5) is 29.1. The third-order valence-corrected chi connectivity index (χ3v) is 7.87. The van der Waals surface area contributed by atoms with Crippen molar-refractivity contribution < 1.29 is 22.7 Å². The third kappa shape index (κ3) is 7.73. The minimum absolute atomic E-state index is 0.140. The zero-order chi connectivity index (χ0) is 28.2. The van der Waals surface area contributed by atoms with Gasteiger partial charge in [0.05, 0.1) is 4.90 Å². The molecule has 0 radical (unpaired) electrons. The lowest BCUT2D eigenvalue weighted by Gasteiger charge is -2.36. The first-order chi connectivity index (χ1) is 18.4. The Morgan fingerprint density at radius 1 is 0.821 bits per heavy atom. The fourth-order valence-electron chi connectivity index (χ4n) is 3.95. The van der Waals surface area contributed by atoms with Crippen molar-refractivity contribution in [3.8, 4) is 0 Å². The molecule has 0 spiro atoms. The summed E-state index contributed by atoms with van der Waals surface area (Å²) in [6, 6.07) is 20.0. The molecule has 1 heterocycles. The normalized spacial score (nSPS) is 14.1. The van der Waals surface area contributed by atoms with Crippen LogP contribution >= 0.6 is 15.9 Å². The minimum atomic E-state index is -3.74. The summed E-state index contributed by atoms with van der Waals surface area (Å²) < 4.78 is 33.9. The number of piperazine rings is 1. The van der Waals surface area contributed by atoms with Gasteiger partial charge in [-0.2, -0.15) is 0 Å². The van der Waals surface area contributed by atoms with Gasteiger partial charge in [0.2, 0.25) is 0 Å². The molecule has 1 aliphatic rings. The van der Waals surface area contributed by atoms with Crippen LogP contribution in [0.4, 0.5) is 21.9 Å². The molecule has 1 aliphatic heterocycles. The zero-order valence-electron chi connectivity index (χ0n) is 22.0. The molecule has 11 heteroatoms. The SMILES string of the molecule is CC(C)(C)OC(=O)N1CCN(c2ccc(NC(=O)c3ccc(NS(=O)(=O)c4ccc(Br)cc4)cc3)cc2)CC1. The van der Waals surface area contributed by atoms with Gasteiger partial charge in [0.1, 0.15) is 5.60 Å². The largest absolute Gasteiger partial charge is 0.444 e. The molecule has 2 amide bonds. The van der Waals surface area contributed by atoms with E-state index in [9.17, 15) is 18.0 Å². The fraction of sp³-hybridized carbons (Fsp3) is 0.286. The van der Waals surface area contributed by atoms with Crippen LogP contribution in [-0.4, -0.2) is 57.1 Å². The average molecular weight is 616 g/mol. The van der Waals surface area contributed by atoms with Crippen molar-refractivity contribution in [1.82, 2.24) is 4.90 Å². The lowest BCUT2D eigenvalue weighted by Crippen LogP contribution is -2.50. The molecule has 0 aromatic heterocycles. The molecule has 0 saturated carbocycles. The summed E-state index contributed by atoms with van der Waals surface area (Å²) in [5, 5.41) is 2.86. The molecule has 9 nitrogen and oxygen atoms in total. The first-order valence-corrected chi connectivity index (χ1v) is 14.7. The second-order valence-electron chi connectivity index (χ2n) is 10.1. The van der Waals surface area contributed by atoms with Gasteiger partial charge in [-0.1, -0.05) is 15.9 Å². The molecule has 39 heavy (non-hydrogen) atoms. The van der Waals surface area contributed by atoms with Gasteiger partial charge < -0.3 is 19.9 Å². The standard InChI is InChI=1S/C28H31BrN4O5S/c1-28(2,3)38-27(35)33-18-16-32(17-19-33)24-12-10-22(11-13-24)30-26(34)20-4-8-23(9-5-20)31-39(36,37)25-14-6-21(29)7-15-25/h4-15,31H,16-19H2,1-3H3,(H,30,34). The smallest absolute Gasteiger partial charge is 0.410 e. The molecule has 206 valence electrons. The molecule has 1 saturated heterocycles. The van der Waals surface area contributed by atoms with E-state index in [1.54, 1.807) is 41.3 Å². The van der Waals surface area contributed by atoms with E-state index in [2.05, 4.69) is 30.9 Å². The van der Waals surface area contributed by atoms with Crippen LogP contribution in [0.1, 0.15) is 31.1 Å². The van der Waals surface area contributed by atoms with E-state index >= 15 is 0 Å². The van der Waals surface area contributed by atoms with Gasteiger partial charge in [0.15, 0.2) is 0 Å². The predicted octanol–water partition coefficient (Wildman–Crippen LogP) is 5.56. The predicted molar refractivity (Wildman–Crippen MR) is 156 cm³/mol. The molecule has 0 unspecified atom stereocenters. The molecule has 1 fully saturated rings. The number of nitrogens with one attached hydrogen (secondary N) is 2. The van der Waals surface area contributed by atoms with Gasteiger partial charge in [-0.15, -0.1) is 0 Å². The maximum atomic E-state index is 12.7. The van der Waals surface area contributed by atoms with Crippen molar-refractivity contribution in [2.75, 3.05) is 41.1 Å². The number of ether oxygens (including phenoxy) is 1. The number of hydrogen-bond acceptors (Lipinski definition) is 6. The van der Waals surface area contributed by atoms with Crippen LogP contribution in [0.2, 0.25) is 0 Å². The van der Waals surface area contributed by atoms with Crippen molar-refractivity contribution in [1.29, 1.82) is 0 Å². The highest BCUT2D eigenvalue weighted by Gasteiger charge is 2.26. The summed E-state index contributed by atoms with van der Waals surface area (Å²) in [6.07, 6.45) is -0.296. The van der Waals surface area contributed by atoms with Gasteiger partial charge >= 0.3 is 6.09 Å². The average Bonchev–Trinajstić information content (AvgIpc) is 2.89. The van der Waals surface area contributed by atoms with Gasteiger partial charge in [-0.3, -0.25) is 9.52 Å². The Morgan fingerprint density at radius 2 is 1.38 bits per heavy atom. The number of hydrogen-bond donors (Lipinski definition) is 2. The van der Waals surface area contributed by atoms with E-state index in [0.717, 1.165) is 10.2 Å². The highest BCUT2D eigenvalue weighted by molar-refractivity contribution is 9.10. The van der Waals surface area contributed by atoms with Crippen LogP contribution in [0.3, 0.4) is 0 Å². The van der Waals surface area contributed by atoms with Crippen molar-refractivity contribution >= 4 is 55.0 Å². The van der Waals surface area contributed by atoms with Gasteiger partial charge in [0, 0.05) is 53.3 Å². The minimum Gasteiger partial charge on any atom is -0.444 e. The van der Waals surface area contributed by atoms with Crippen molar-refractivity contribution in [3.63, 3.8) is 0 Å². The number of anilines is 3. The highest BCUT2D eigenvalue weighted by Crippen LogP contribution is 2.22. The van der Waals surface area contributed by atoms with E-state index in [-0.39, 0.29) is 16.9 Å². The Morgan fingerprint density at radius 3 is 1.95 bits per heavy atom. The number of nitrogens with zero attached hydrogens (tertiary/aromatic N) is 2. The Hall–Kier alpha value is -3.57. The summed E-state index contributed by atoms with van der Waals surface area (Å²) in [7, 11) is -3.74. The second-order valence-corrected chi connectivity index (χ2v) is 12.7. The lowest BCUT2D eigenvalue weighted by atomic mass is 10.2. The molecule has 3 aromatic rings. The van der Waals surface area contributed by atoms with Crippen molar-refractivity contribution in [2.24, 2.45) is 0 Å². The van der Waals surface area contributed by atoms with Gasteiger partial charge in [0.25, 0.3) is 15.9 Å². The van der Waals surface area contributed by atoms with Crippen molar-refractivity contribution in [3.05, 3.63) is 82.8 Å². The van der Waals surface area contributed by atoms with E-state index in [4.69, 9.17) is 4.74 Å². The van der Waals surface area contributed by atoms with Crippen LogP contribution in [0.5, 0.6) is 0 Å². The van der Waals surface area contributed by atoms with E-state index in [0.29, 0.717) is 43.1 Å². The lowest BCUT2D eigenvalue weighted by molar-refractivity contribution is 0.0240. The van der Waals surface area contributed by atoms with Crippen LogP contribution < -0.4 is 14.9 Å². The van der Waals surface area contributed by atoms with Crippen molar-refractivity contribution in [2.45, 2.75) is 31.3 Å². The first kappa shape index (κ1) is 28.4. The van der Waals surface area contributed by atoms with Crippen LogP contribution in [0, 0.1) is 0 Å². The monoisotopic (exact) mass is 614 g/mol. The number of benzene rings is 3. The summed E-state index contributed by atoms with van der Waals surface area (Å²) >= 11 is 3.29. The molecule has 0 bridgehead atoms. The molecular formula is C28H31BrN4O5S. The third-order valence-electron chi connectivity index (χ3n) is 5.94. The topological polar surface area (TPSA) is 108 Å². The Labute approximate surface area is 237 Å². The van der Waals surface area contributed by atoms with Gasteiger partial charge in [-0.05, 0) is 93.6 Å². The molecular weight excluding hydrogens is 584 g/mol. The number of carbonyl (C=O) groups is 2. The maximum Gasteiger partial charge on any atom is 0.410 e. The van der Waals surface area contributed by atoms with Crippen LogP contribution in [0.15, 0.2) is 82.2 Å². The van der Waals surface area contributed by atoms with Crippen LogP contribution in [0.25, 0.3) is 0 Å². The fourth-order valence-corrected chi connectivity index (χ4v) is 5.27. The summed E-state index contributed by atoms with van der Waals surface area (Å²) in [5.41, 5.74) is 1.86. The molecule has 2 N–H and O–H groups in total. The van der Waals surface area contributed by atoms with Gasteiger partial charge in [-0.25, -0.2) is 13.2 Å². The quantitative estimate of drug-likeness (QED) is 0.376. The second kappa shape index (κ2) is 11.7. The molecule has 4 rings (SSSR count). The first-order valence-electron chi connectivity index (χ1n) is 12.4. The number of amides is 2.